The zero-order valence-electron chi connectivity index (χ0n) is 15.4. The molecule has 4 heteroatoms. The van der Waals surface area contributed by atoms with Crippen molar-refractivity contribution in [1.29, 1.82) is 0 Å². The second kappa shape index (κ2) is 8.02. The number of nitrogens with two attached hydrogens (primary N) is 1. The van der Waals surface area contributed by atoms with Crippen molar-refractivity contribution in [2.75, 3.05) is 5.32 Å². The molecule has 0 aliphatic carbocycles. The molecular formula is C22H25N2O2+. The van der Waals surface area contributed by atoms with Crippen LogP contribution in [0.15, 0.2) is 71.3 Å². The summed E-state index contributed by atoms with van der Waals surface area (Å²) in [7, 11) is 0. The zero-order valence-corrected chi connectivity index (χ0v) is 15.4. The first-order valence-corrected chi connectivity index (χ1v) is 8.86. The molecule has 2 atom stereocenters. The predicted octanol–water partition coefficient (Wildman–Crippen LogP) is 3.90. The van der Waals surface area contributed by atoms with Gasteiger partial charge in [0, 0.05) is 11.3 Å². The van der Waals surface area contributed by atoms with Crippen LogP contribution in [0.2, 0.25) is 0 Å². The lowest BCUT2D eigenvalue weighted by Gasteiger charge is -2.20. The van der Waals surface area contributed by atoms with Gasteiger partial charge in [0.2, 0.25) is 0 Å². The number of carbonyl (C=O) groups excluding carboxylic acids is 1. The Morgan fingerprint density at radius 1 is 1.04 bits per heavy atom. The smallest absolute Gasteiger partial charge is 0.287 e. The summed E-state index contributed by atoms with van der Waals surface area (Å²) in [5.41, 5.74) is 3.99. The lowest BCUT2D eigenvalue weighted by Crippen LogP contribution is -2.87. The van der Waals surface area contributed by atoms with E-state index in [0.717, 1.165) is 28.1 Å². The number of anilines is 1. The highest BCUT2D eigenvalue weighted by Crippen LogP contribution is 2.19. The summed E-state index contributed by atoms with van der Waals surface area (Å²) < 4.78 is 5.50. The van der Waals surface area contributed by atoms with E-state index in [9.17, 15) is 4.79 Å². The SMILES string of the molecule is Cc1ccc(C)c(NC(=O)[C@@H]([NH2+][C@@H](C)c2ccco2)c2ccccc2)c1. The van der Waals surface area contributed by atoms with Gasteiger partial charge in [-0.25, -0.2) is 0 Å². The van der Waals surface area contributed by atoms with Crippen molar-refractivity contribution in [2.45, 2.75) is 32.9 Å². The highest BCUT2D eigenvalue weighted by atomic mass is 16.3. The average molecular weight is 349 g/mol. The number of rotatable bonds is 6. The Bertz CT molecular complexity index is 857. The summed E-state index contributed by atoms with van der Waals surface area (Å²) in [5, 5.41) is 5.14. The van der Waals surface area contributed by atoms with Crippen molar-refractivity contribution in [1.82, 2.24) is 0 Å². The highest BCUT2D eigenvalue weighted by molar-refractivity contribution is 5.95. The number of aryl methyl sites for hydroxylation is 2. The summed E-state index contributed by atoms with van der Waals surface area (Å²) in [6, 6.07) is 19.4. The molecule has 1 aromatic heterocycles. The van der Waals surface area contributed by atoms with Crippen LogP contribution >= 0.6 is 0 Å². The molecule has 0 bridgehead atoms. The summed E-state index contributed by atoms with van der Waals surface area (Å²) >= 11 is 0. The third kappa shape index (κ3) is 4.21. The molecule has 0 radical (unpaired) electrons. The minimum Gasteiger partial charge on any atom is -0.463 e. The molecule has 26 heavy (non-hydrogen) atoms. The van der Waals surface area contributed by atoms with E-state index in [1.807, 2.05) is 86.8 Å². The van der Waals surface area contributed by atoms with E-state index in [-0.39, 0.29) is 18.0 Å². The van der Waals surface area contributed by atoms with Crippen LogP contribution in [0.1, 0.15) is 41.5 Å². The second-order valence-electron chi connectivity index (χ2n) is 6.69. The molecule has 0 aliphatic heterocycles. The molecule has 3 aromatic rings. The lowest BCUT2D eigenvalue weighted by atomic mass is 10.0. The van der Waals surface area contributed by atoms with E-state index in [1.165, 1.54) is 0 Å². The number of quaternary nitrogens is 1. The van der Waals surface area contributed by atoms with Gasteiger partial charge in [-0.1, -0.05) is 42.5 Å². The third-order valence-corrected chi connectivity index (χ3v) is 4.57. The summed E-state index contributed by atoms with van der Waals surface area (Å²) in [6.45, 7) is 6.07. The molecule has 1 heterocycles. The summed E-state index contributed by atoms with van der Waals surface area (Å²) in [4.78, 5) is 13.1. The molecule has 0 unspecified atom stereocenters. The van der Waals surface area contributed by atoms with Crippen molar-refractivity contribution in [2.24, 2.45) is 0 Å². The van der Waals surface area contributed by atoms with E-state index in [0.29, 0.717) is 0 Å². The topological polar surface area (TPSA) is 58.9 Å². The number of nitrogens with one attached hydrogen (secondary N) is 1. The average Bonchev–Trinajstić information content (AvgIpc) is 3.18. The molecule has 134 valence electrons. The highest BCUT2D eigenvalue weighted by Gasteiger charge is 2.28. The molecule has 3 rings (SSSR count). The van der Waals surface area contributed by atoms with Crippen LogP contribution in [0, 0.1) is 13.8 Å². The maximum absolute atomic E-state index is 13.1. The van der Waals surface area contributed by atoms with Crippen LogP contribution in [0.25, 0.3) is 0 Å². The van der Waals surface area contributed by atoms with Crippen molar-refractivity contribution in [3.8, 4) is 0 Å². The number of hydrogen-bond donors (Lipinski definition) is 2. The Morgan fingerprint density at radius 2 is 1.81 bits per heavy atom. The monoisotopic (exact) mass is 349 g/mol. The quantitative estimate of drug-likeness (QED) is 0.709. The fourth-order valence-electron chi connectivity index (χ4n) is 3.03. The second-order valence-corrected chi connectivity index (χ2v) is 6.69. The summed E-state index contributed by atoms with van der Waals surface area (Å²) in [5.74, 6) is 0.814. The molecule has 2 aromatic carbocycles. The van der Waals surface area contributed by atoms with Crippen molar-refractivity contribution in [3.05, 3.63) is 89.4 Å². The molecule has 1 amide bonds. The maximum Gasteiger partial charge on any atom is 0.287 e. The Morgan fingerprint density at radius 3 is 2.50 bits per heavy atom. The number of hydrogen-bond acceptors (Lipinski definition) is 2. The first-order chi connectivity index (χ1) is 12.5. The third-order valence-electron chi connectivity index (χ3n) is 4.57. The normalized spacial score (nSPS) is 13.2. The fraction of sp³-hybridized carbons (Fsp3) is 0.227. The van der Waals surface area contributed by atoms with E-state index in [2.05, 4.69) is 5.32 Å². The van der Waals surface area contributed by atoms with Crippen LogP contribution < -0.4 is 10.6 Å². The van der Waals surface area contributed by atoms with Crippen LogP contribution in [0.5, 0.6) is 0 Å². The zero-order chi connectivity index (χ0) is 18.5. The van der Waals surface area contributed by atoms with Gasteiger partial charge in [0.05, 0.1) is 6.26 Å². The van der Waals surface area contributed by atoms with E-state index < -0.39 is 0 Å². The van der Waals surface area contributed by atoms with Crippen LogP contribution in [0.4, 0.5) is 5.69 Å². The fourth-order valence-corrected chi connectivity index (χ4v) is 3.03. The molecule has 0 saturated carbocycles. The number of amides is 1. The van der Waals surface area contributed by atoms with Gasteiger partial charge in [-0.3, -0.25) is 4.79 Å². The Hall–Kier alpha value is -2.85. The van der Waals surface area contributed by atoms with Gasteiger partial charge in [-0.2, -0.15) is 0 Å². The molecular weight excluding hydrogens is 324 g/mol. The molecule has 0 fully saturated rings. The summed E-state index contributed by atoms with van der Waals surface area (Å²) in [6.07, 6.45) is 1.66. The molecule has 0 spiro atoms. The van der Waals surface area contributed by atoms with Gasteiger partial charge in [0.1, 0.15) is 6.04 Å². The van der Waals surface area contributed by atoms with Crippen molar-refractivity contribution >= 4 is 11.6 Å². The number of furan rings is 1. The van der Waals surface area contributed by atoms with Gasteiger partial charge in [0.15, 0.2) is 11.8 Å². The van der Waals surface area contributed by atoms with E-state index >= 15 is 0 Å². The minimum atomic E-state index is -0.365. The molecule has 0 aliphatic rings. The molecule has 4 nitrogen and oxygen atoms in total. The first kappa shape index (κ1) is 18.0. The van der Waals surface area contributed by atoms with Gasteiger partial charge in [-0.15, -0.1) is 0 Å². The Labute approximate surface area is 154 Å². The largest absolute Gasteiger partial charge is 0.463 e. The van der Waals surface area contributed by atoms with Crippen molar-refractivity contribution in [3.63, 3.8) is 0 Å². The maximum atomic E-state index is 13.1. The van der Waals surface area contributed by atoms with Crippen LogP contribution in [0.3, 0.4) is 0 Å². The Balaban J connectivity index is 1.85. The number of carbonyl (C=O) groups is 1. The van der Waals surface area contributed by atoms with Gasteiger partial charge < -0.3 is 15.1 Å². The van der Waals surface area contributed by atoms with Crippen molar-refractivity contribution < 1.29 is 14.5 Å². The van der Waals surface area contributed by atoms with Crippen LogP contribution in [-0.4, -0.2) is 5.91 Å². The van der Waals surface area contributed by atoms with Crippen LogP contribution in [-0.2, 0) is 4.79 Å². The number of benzene rings is 2. The van der Waals surface area contributed by atoms with E-state index in [1.54, 1.807) is 6.26 Å². The minimum absolute atomic E-state index is 0.0274. The van der Waals surface area contributed by atoms with E-state index in [4.69, 9.17) is 4.42 Å². The molecule has 0 saturated heterocycles. The van der Waals surface area contributed by atoms with Gasteiger partial charge >= 0.3 is 0 Å². The Kier molecular flexibility index (Phi) is 5.54. The first-order valence-electron chi connectivity index (χ1n) is 8.86. The van der Waals surface area contributed by atoms with Gasteiger partial charge in [-0.05, 0) is 50.1 Å². The molecule has 3 N–H and O–H groups in total. The standard InChI is InChI=1S/C22H24N2O2/c1-15-11-12-16(2)19(14-15)24-22(25)21(18-8-5-4-6-9-18)23-17(3)20-10-7-13-26-20/h4-14,17,21,23H,1-3H3,(H,24,25)/p+1/t17-,21-/m0/s1. The van der Waals surface area contributed by atoms with Gasteiger partial charge in [0.25, 0.3) is 5.91 Å². The predicted molar refractivity (Wildman–Crippen MR) is 103 cm³/mol. The lowest BCUT2D eigenvalue weighted by molar-refractivity contribution is -0.720.